The largest absolute Gasteiger partial charge is 0.311 e. The van der Waals surface area contributed by atoms with Crippen molar-refractivity contribution in [3.05, 3.63) is 24.8 Å². The molecule has 1 unspecified atom stereocenters. The molecule has 0 spiro atoms. The van der Waals surface area contributed by atoms with Gasteiger partial charge in [0.05, 0.1) is 0 Å². The molecule has 58 valence electrons. The monoisotopic (exact) mass is 139 g/mol. The minimum absolute atomic E-state index is 0.133. The highest BCUT2D eigenvalue weighted by Crippen LogP contribution is 2.09. The Labute approximate surface area is 63.8 Å². The number of allylic oxidation sites excluding steroid dienone is 2. The van der Waals surface area contributed by atoms with Crippen LogP contribution in [0.4, 0.5) is 0 Å². The molecule has 1 atom stereocenters. The molecule has 0 saturated carbocycles. The van der Waals surface area contributed by atoms with E-state index in [0.717, 1.165) is 6.42 Å². The minimum Gasteiger partial charge on any atom is -0.311 e. The summed E-state index contributed by atoms with van der Waals surface area (Å²) in [4.78, 5) is 0. The molecule has 1 heteroatoms. The predicted molar refractivity (Wildman–Crippen MR) is 47.1 cm³/mol. The van der Waals surface area contributed by atoms with E-state index in [2.05, 4.69) is 31.8 Å². The van der Waals surface area contributed by atoms with Gasteiger partial charge in [0.25, 0.3) is 0 Å². The third-order valence-corrected chi connectivity index (χ3v) is 1.91. The van der Waals surface area contributed by atoms with Crippen LogP contribution in [0.1, 0.15) is 20.3 Å². The lowest BCUT2D eigenvalue weighted by molar-refractivity contribution is 0.464. The van der Waals surface area contributed by atoms with Crippen molar-refractivity contribution in [2.45, 2.75) is 25.8 Å². The van der Waals surface area contributed by atoms with Gasteiger partial charge in [-0.2, -0.15) is 0 Å². The first kappa shape index (κ1) is 9.44. The average molecular weight is 139 g/mol. The molecule has 0 saturated heterocycles. The van der Waals surface area contributed by atoms with Crippen LogP contribution in [0.5, 0.6) is 0 Å². The summed E-state index contributed by atoms with van der Waals surface area (Å²) in [6.07, 6.45) is 6.99. The summed E-state index contributed by atoms with van der Waals surface area (Å²) >= 11 is 0. The first-order valence-electron chi connectivity index (χ1n) is 3.67. The quantitative estimate of drug-likeness (QED) is 0.588. The van der Waals surface area contributed by atoms with Crippen molar-refractivity contribution in [2.75, 3.05) is 7.05 Å². The molecule has 0 fully saturated rings. The summed E-state index contributed by atoms with van der Waals surface area (Å²) in [5.74, 6) is 0. The molecule has 1 N–H and O–H groups in total. The van der Waals surface area contributed by atoms with Gasteiger partial charge in [-0.3, -0.25) is 0 Å². The standard InChI is InChI=1S/C9H17N/c1-5-7-8-9(3,6-2)10-4/h5,7-8,10H,1,6H2,2-4H3/b8-7-. The summed E-state index contributed by atoms with van der Waals surface area (Å²) in [6.45, 7) is 7.93. The zero-order valence-corrected chi connectivity index (χ0v) is 7.15. The van der Waals surface area contributed by atoms with Crippen molar-refractivity contribution in [2.24, 2.45) is 0 Å². The normalized spacial score (nSPS) is 17.1. The summed E-state index contributed by atoms with van der Waals surface area (Å²) in [5, 5.41) is 3.23. The number of likely N-dealkylation sites (N-methyl/N-ethyl adjacent to an activating group) is 1. The average Bonchev–Trinajstić information content (AvgIpc) is 2.00. The Morgan fingerprint density at radius 2 is 2.20 bits per heavy atom. The van der Waals surface area contributed by atoms with Gasteiger partial charge in [0.15, 0.2) is 0 Å². The summed E-state index contributed by atoms with van der Waals surface area (Å²) in [5.41, 5.74) is 0.133. The van der Waals surface area contributed by atoms with E-state index in [0.29, 0.717) is 0 Å². The lowest BCUT2D eigenvalue weighted by Gasteiger charge is -2.22. The molecule has 0 bridgehead atoms. The number of rotatable bonds is 4. The maximum atomic E-state index is 3.62. The van der Waals surface area contributed by atoms with Crippen LogP contribution in [0.15, 0.2) is 24.8 Å². The molecular weight excluding hydrogens is 122 g/mol. The molecule has 0 aromatic rings. The van der Waals surface area contributed by atoms with E-state index in [1.54, 1.807) is 6.08 Å². The Balaban J connectivity index is 4.04. The van der Waals surface area contributed by atoms with Crippen molar-refractivity contribution in [3.63, 3.8) is 0 Å². The second-order valence-corrected chi connectivity index (χ2v) is 2.62. The van der Waals surface area contributed by atoms with Crippen LogP contribution >= 0.6 is 0 Å². The third kappa shape index (κ3) is 2.83. The molecule has 0 aliphatic carbocycles. The van der Waals surface area contributed by atoms with E-state index >= 15 is 0 Å². The van der Waals surface area contributed by atoms with Gasteiger partial charge >= 0.3 is 0 Å². The Kier molecular flexibility index (Phi) is 4.05. The van der Waals surface area contributed by atoms with E-state index in [-0.39, 0.29) is 5.54 Å². The maximum Gasteiger partial charge on any atom is 0.0333 e. The SMILES string of the molecule is C=C/C=C\C(C)(CC)NC. The summed E-state index contributed by atoms with van der Waals surface area (Å²) in [7, 11) is 1.97. The fraction of sp³-hybridized carbons (Fsp3) is 0.556. The van der Waals surface area contributed by atoms with Gasteiger partial charge in [-0.25, -0.2) is 0 Å². The predicted octanol–water partition coefficient (Wildman–Crippen LogP) is 2.12. The maximum absolute atomic E-state index is 3.62. The van der Waals surface area contributed by atoms with Gasteiger partial charge in [-0.15, -0.1) is 0 Å². The molecule has 0 aromatic heterocycles. The molecule has 0 heterocycles. The van der Waals surface area contributed by atoms with E-state index in [9.17, 15) is 0 Å². The zero-order chi connectivity index (χ0) is 8.04. The van der Waals surface area contributed by atoms with Gasteiger partial charge in [0.1, 0.15) is 0 Å². The molecule has 0 radical (unpaired) electrons. The highest BCUT2D eigenvalue weighted by Gasteiger charge is 2.13. The molecule has 0 aromatic carbocycles. The van der Waals surface area contributed by atoms with Crippen LogP contribution < -0.4 is 5.32 Å². The van der Waals surface area contributed by atoms with Gasteiger partial charge < -0.3 is 5.32 Å². The van der Waals surface area contributed by atoms with Crippen molar-refractivity contribution >= 4 is 0 Å². The van der Waals surface area contributed by atoms with E-state index in [4.69, 9.17) is 0 Å². The Hall–Kier alpha value is -0.560. The smallest absolute Gasteiger partial charge is 0.0333 e. The lowest BCUT2D eigenvalue weighted by atomic mass is 9.99. The van der Waals surface area contributed by atoms with Crippen molar-refractivity contribution in [3.8, 4) is 0 Å². The van der Waals surface area contributed by atoms with E-state index in [1.807, 2.05) is 13.1 Å². The minimum atomic E-state index is 0.133. The summed E-state index contributed by atoms with van der Waals surface area (Å²) in [6, 6.07) is 0. The number of hydrogen-bond acceptors (Lipinski definition) is 1. The highest BCUT2D eigenvalue weighted by atomic mass is 14.9. The van der Waals surface area contributed by atoms with E-state index in [1.165, 1.54) is 0 Å². The highest BCUT2D eigenvalue weighted by molar-refractivity contribution is 5.08. The van der Waals surface area contributed by atoms with Crippen LogP contribution in [-0.2, 0) is 0 Å². The second kappa shape index (κ2) is 4.29. The Morgan fingerprint density at radius 1 is 1.60 bits per heavy atom. The van der Waals surface area contributed by atoms with Crippen LogP contribution in [-0.4, -0.2) is 12.6 Å². The third-order valence-electron chi connectivity index (χ3n) is 1.91. The fourth-order valence-corrected chi connectivity index (χ4v) is 0.658. The van der Waals surface area contributed by atoms with Crippen molar-refractivity contribution < 1.29 is 0 Å². The molecule has 1 nitrogen and oxygen atoms in total. The van der Waals surface area contributed by atoms with Crippen molar-refractivity contribution in [1.29, 1.82) is 0 Å². The van der Waals surface area contributed by atoms with E-state index < -0.39 is 0 Å². The first-order valence-corrected chi connectivity index (χ1v) is 3.67. The lowest BCUT2D eigenvalue weighted by Crippen LogP contribution is -2.36. The second-order valence-electron chi connectivity index (χ2n) is 2.62. The van der Waals surface area contributed by atoms with Crippen LogP contribution in [0, 0.1) is 0 Å². The van der Waals surface area contributed by atoms with Crippen molar-refractivity contribution in [1.82, 2.24) is 5.32 Å². The molecule has 0 aliphatic rings. The topological polar surface area (TPSA) is 12.0 Å². The molecular formula is C9H17N. The van der Waals surface area contributed by atoms with Gasteiger partial charge in [0.2, 0.25) is 0 Å². The Morgan fingerprint density at radius 3 is 2.50 bits per heavy atom. The molecule has 0 amide bonds. The van der Waals surface area contributed by atoms with Crippen LogP contribution in [0.2, 0.25) is 0 Å². The van der Waals surface area contributed by atoms with Gasteiger partial charge in [0, 0.05) is 5.54 Å². The van der Waals surface area contributed by atoms with Gasteiger partial charge in [-0.05, 0) is 20.4 Å². The first-order chi connectivity index (χ1) is 4.68. The van der Waals surface area contributed by atoms with Crippen LogP contribution in [0.3, 0.4) is 0 Å². The molecule has 0 rings (SSSR count). The number of nitrogens with one attached hydrogen (secondary N) is 1. The number of hydrogen-bond donors (Lipinski definition) is 1. The zero-order valence-electron chi connectivity index (χ0n) is 7.15. The molecule has 10 heavy (non-hydrogen) atoms. The van der Waals surface area contributed by atoms with Crippen LogP contribution in [0.25, 0.3) is 0 Å². The molecule has 0 aliphatic heterocycles. The van der Waals surface area contributed by atoms with Gasteiger partial charge in [-0.1, -0.05) is 31.7 Å². The fourth-order valence-electron chi connectivity index (χ4n) is 0.658. The Bertz CT molecular complexity index is 121. The summed E-state index contributed by atoms with van der Waals surface area (Å²) < 4.78 is 0.